The van der Waals surface area contributed by atoms with Crippen molar-refractivity contribution in [2.45, 2.75) is 115 Å². The van der Waals surface area contributed by atoms with Crippen molar-refractivity contribution in [2.75, 3.05) is 19.8 Å². The molecule has 1 rings (SSSR count). The van der Waals surface area contributed by atoms with Crippen LogP contribution in [0.4, 0.5) is 13.2 Å². The van der Waals surface area contributed by atoms with Crippen molar-refractivity contribution in [1.82, 2.24) is 0 Å². The Morgan fingerprint density at radius 2 is 1.31 bits per heavy atom. The molecule has 1 unspecified atom stereocenters. The predicted octanol–water partition coefficient (Wildman–Crippen LogP) is 7.21. The van der Waals surface area contributed by atoms with E-state index in [1.165, 1.54) is 57.8 Å². The van der Waals surface area contributed by atoms with Crippen LogP contribution in [0.15, 0.2) is 0 Å². The molecule has 0 aromatic carbocycles. The maximum Gasteiger partial charge on any atom is 0.389 e. The minimum Gasteiger partial charge on any atom is -0.381 e. The highest BCUT2D eigenvalue weighted by atomic mass is 19.4. The van der Waals surface area contributed by atoms with Crippen LogP contribution in [0.3, 0.4) is 0 Å². The Morgan fingerprint density at radius 1 is 0.731 bits per heavy atom. The highest BCUT2D eigenvalue weighted by Gasteiger charge is 2.25. The van der Waals surface area contributed by atoms with Gasteiger partial charge in [0.05, 0.1) is 6.10 Å². The summed E-state index contributed by atoms with van der Waals surface area (Å²) in [5.41, 5.74) is 0. The first-order valence-electron chi connectivity index (χ1n) is 10.8. The lowest BCUT2D eigenvalue weighted by atomic mass is 10.1. The summed E-state index contributed by atoms with van der Waals surface area (Å²) in [7, 11) is 0. The van der Waals surface area contributed by atoms with Crippen LogP contribution in [-0.4, -0.2) is 32.1 Å². The molecule has 0 bridgehead atoms. The standard InChI is InChI=1S/C21H39F3O2/c22-21(23,24)16-11-8-6-4-2-1-3-5-7-9-12-17-25-19-15-20-14-10-13-18-26-20/h20H,1-19H2. The van der Waals surface area contributed by atoms with Gasteiger partial charge in [-0.25, -0.2) is 0 Å². The Labute approximate surface area is 158 Å². The fourth-order valence-corrected chi connectivity index (χ4v) is 3.47. The molecular formula is C21H39F3O2. The molecule has 1 aliphatic rings. The molecule has 26 heavy (non-hydrogen) atoms. The molecule has 1 heterocycles. The molecule has 0 aliphatic carbocycles. The number of hydrogen-bond donors (Lipinski definition) is 0. The van der Waals surface area contributed by atoms with Crippen molar-refractivity contribution < 1.29 is 22.6 Å². The van der Waals surface area contributed by atoms with E-state index in [9.17, 15) is 13.2 Å². The highest BCUT2D eigenvalue weighted by Crippen LogP contribution is 2.23. The van der Waals surface area contributed by atoms with Crippen LogP contribution in [0.5, 0.6) is 0 Å². The number of rotatable bonds is 16. The van der Waals surface area contributed by atoms with Gasteiger partial charge in [-0.15, -0.1) is 0 Å². The van der Waals surface area contributed by atoms with E-state index in [4.69, 9.17) is 9.47 Å². The molecule has 0 amide bonds. The lowest BCUT2D eigenvalue weighted by Crippen LogP contribution is -2.20. The Kier molecular flexibility index (Phi) is 14.4. The van der Waals surface area contributed by atoms with Crippen molar-refractivity contribution >= 4 is 0 Å². The second-order valence-electron chi connectivity index (χ2n) is 7.64. The molecule has 1 aliphatic heterocycles. The van der Waals surface area contributed by atoms with E-state index in [1.807, 2.05) is 0 Å². The van der Waals surface area contributed by atoms with Crippen LogP contribution in [0, 0.1) is 0 Å². The normalized spacial score (nSPS) is 18.3. The zero-order chi connectivity index (χ0) is 18.9. The van der Waals surface area contributed by atoms with Gasteiger partial charge in [0.15, 0.2) is 0 Å². The van der Waals surface area contributed by atoms with E-state index in [2.05, 4.69) is 0 Å². The van der Waals surface area contributed by atoms with Crippen LogP contribution >= 0.6 is 0 Å². The Hall–Kier alpha value is -0.290. The summed E-state index contributed by atoms with van der Waals surface area (Å²) in [6.45, 7) is 2.61. The molecule has 5 heteroatoms. The van der Waals surface area contributed by atoms with Crippen LogP contribution in [-0.2, 0) is 9.47 Å². The second-order valence-corrected chi connectivity index (χ2v) is 7.64. The van der Waals surface area contributed by atoms with Gasteiger partial charge >= 0.3 is 6.18 Å². The summed E-state index contributed by atoms with van der Waals surface area (Å²) in [4.78, 5) is 0. The van der Waals surface area contributed by atoms with E-state index in [0.29, 0.717) is 18.9 Å². The molecule has 0 radical (unpaired) electrons. The first-order chi connectivity index (χ1) is 12.6. The van der Waals surface area contributed by atoms with Gasteiger partial charge in [-0.1, -0.05) is 57.8 Å². The zero-order valence-electron chi connectivity index (χ0n) is 16.5. The minimum absolute atomic E-state index is 0.291. The van der Waals surface area contributed by atoms with Gasteiger partial charge in [0.2, 0.25) is 0 Å². The predicted molar refractivity (Wildman–Crippen MR) is 100 cm³/mol. The molecule has 0 N–H and O–H groups in total. The maximum atomic E-state index is 12.0. The van der Waals surface area contributed by atoms with Crippen molar-refractivity contribution in [3.8, 4) is 0 Å². The molecule has 1 fully saturated rings. The van der Waals surface area contributed by atoms with Gasteiger partial charge < -0.3 is 9.47 Å². The lowest BCUT2D eigenvalue weighted by Gasteiger charge is -2.22. The average Bonchev–Trinajstić information content (AvgIpc) is 2.61. The fourth-order valence-electron chi connectivity index (χ4n) is 3.47. The van der Waals surface area contributed by atoms with E-state index in [-0.39, 0.29) is 0 Å². The fraction of sp³-hybridized carbons (Fsp3) is 1.00. The van der Waals surface area contributed by atoms with Gasteiger partial charge in [0.25, 0.3) is 0 Å². The van der Waals surface area contributed by atoms with Gasteiger partial charge in [-0.05, 0) is 38.5 Å². The SMILES string of the molecule is FC(F)(F)CCCCCCCCCCCCCOCCC1CCCCO1. The maximum absolute atomic E-state index is 12.0. The topological polar surface area (TPSA) is 18.5 Å². The Balaban J connectivity index is 1.68. The van der Waals surface area contributed by atoms with Gasteiger partial charge in [-0.2, -0.15) is 13.2 Å². The van der Waals surface area contributed by atoms with Gasteiger partial charge in [0.1, 0.15) is 0 Å². The average molecular weight is 381 g/mol. The summed E-state index contributed by atoms with van der Waals surface area (Å²) in [5, 5.41) is 0. The number of halogens is 3. The molecule has 2 nitrogen and oxygen atoms in total. The molecule has 0 saturated carbocycles. The van der Waals surface area contributed by atoms with Crippen molar-refractivity contribution in [2.24, 2.45) is 0 Å². The number of alkyl halides is 3. The van der Waals surface area contributed by atoms with E-state index >= 15 is 0 Å². The number of ether oxygens (including phenoxy) is 2. The first kappa shape index (κ1) is 23.7. The van der Waals surface area contributed by atoms with Crippen molar-refractivity contribution in [1.29, 1.82) is 0 Å². The second kappa shape index (κ2) is 15.7. The first-order valence-corrected chi connectivity index (χ1v) is 10.8. The smallest absolute Gasteiger partial charge is 0.381 e. The third-order valence-corrected chi connectivity index (χ3v) is 5.11. The summed E-state index contributed by atoms with van der Waals surface area (Å²) in [5.74, 6) is 0. The van der Waals surface area contributed by atoms with Crippen LogP contribution < -0.4 is 0 Å². The zero-order valence-corrected chi connectivity index (χ0v) is 16.5. The van der Waals surface area contributed by atoms with Crippen molar-refractivity contribution in [3.05, 3.63) is 0 Å². The monoisotopic (exact) mass is 380 g/mol. The summed E-state index contributed by atoms with van der Waals surface area (Å²) >= 11 is 0. The molecular weight excluding hydrogens is 341 g/mol. The van der Waals surface area contributed by atoms with Crippen molar-refractivity contribution in [3.63, 3.8) is 0 Å². The van der Waals surface area contributed by atoms with Crippen LogP contribution in [0.2, 0.25) is 0 Å². The van der Waals surface area contributed by atoms with E-state index < -0.39 is 12.6 Å². The lowest BCUT2D eigenvalue weighted by molar-refractivity contribution is -0.135. The van der Waals surface area contributed by atoms with E-state index in [0.717, 1.165) is 45.5 Å². The Morgan fingerprint density at radius 3 is 1.85 bits per heavy atom. The Bertz CT molecular complexity index is 302. The third kappa shape index (κ3) is 15.9. The van der Waals surface area contributed by atoms with Crippen LogP contribution in [0.25, 0.3) is 0 Å². The number of unbranched alkanes of at least 4 members (excludes halogenated alkanes) is 10. The highest BCUT2D eigenvalue weighted by molar-refractivity contribution is 4.62. The largest absolute Gasteiger partial charge is 0.389 e. The minimum atomic E-state index is -3.98. The molecule has 1 saturated heterocycles. The molecule has 0 aromatic rings. The third-order valence-electron chi connectivity index (χ3n) is 5.11. The van der Waals surface area contributed by atoms with Gasteiger partial charge in [0, 0.05) is 26.2 Å². The number of hydrogen-bond acceptors (Lipinski definition) is 2. The summed E-state index contributed by atoms with van der Waals surface area (Å²) in [6.07, 6.45) is 12.1. The van der Waals surface area contributed by atoms with E-state index in [1.54, 1.807) is 0 Å². The quantitative estimate of drug-likeness (QED) is 0.263. The molecule has 1 atom stereocenters. The van der Waals surface area contributed by atoms with Crippen LogP contribution in [0.1, 0.15) is 103 Å². The summed E-state index contributed by atoms with van der Waals surface area (Å²) in [6, 6.07) is 0. The summed E-state index contributed by atoms with van der Waals surface area (Å²) < 4.78 is 47.3. The van der Waals surface area contributed by atoms with Gasteiger partial charge in [-0.3, -0.25) is 0 Å². The molecule has 0 aromatic heterocycles. The molecule has 0 spiro atoms. The molecule has 156 valence electrons.